The first-order valence-corrected chi connectivity index (χ1v) is 8.74. The van der Waals surface area contributed by atoms with E-state index in [1.807, 2.05) is 26.0 Å². The first-order chi connectivity index (χ1) is 9.43. The zero-order valence-electron chi connectivity index (χ0n) is 13.1. The summed E-state index contributed by atoms with van der Waals surface area (Å²) in [5.74, 6) is 0. The lowest BCUT2D eigenvalue weighted by atomic mass is 9.95. The molecule has 3 N–H and O–H groups in total. The van der Waals surface area contributed by atoms with E-state index in [9.17, 15) is 8.42 Å². The molecule has 0 aromatic heterocycles. The lowest BCUT2D eigenvalue weighted by Gasteiger charge is -2.31. The van der Waals surface area contributed by atoms with E-state index in [-0.39, 0.29) is 12.4 Å². The molecule has 0 saturated carbocycles. The maximum absolute atomic E-state index is 12.4. The molecule has 1 aromatic carbocycles. The van der Waals surface area contributed by atoms with Crippen LogP contribution in [0.25, 0.3) is 0 Å². The molecular weight excluding hydrogens is 308 g/mol. The normalized spacial score (nSPS) is 12.0. The molecule has 0 aliphatic rings. The number of nitrogens with one attached hydrogen (secondary N) is 1. The number of rotatable bonds is 8. The summed E-state index contributed by atoms with van der Waals surface area (Å²) in [6, 6.07) is 7.08. The molecule has 0 radical (unpaired) electrons. The minimum Gasteiger partial charge on any atom is -0.329 e. The van der Waals surface area contributed by atoms with Crippen molar-refractivity contribution in [3.8, 4) is 0 Å². The zero-order valence-corrected chi connectivity index (χ0v) is 14.7. The average molecular weight is 335 g/mol. The van der Waals surface area contributed by atoms with Crippen molar-refractivity contribution in [1.29, 1.82) is 0 Å². The van der Waals surface area contributed by atoms with Gasteiger partial charge in [0.1, 0.15) is 0 Å². The highest BCUT2D eigenvalue weighted by Gasteiger charge is 2.30. The van der Waals surface area contributed by atoms with Crippen LogP contribution in [0.3, 0.4) is 0 Å². The van der Waals surface area contributed by atoms with Gasteiger partial charge in [-0.05, 0) is 37.0 Å². The molecule has 1 rings (SSSR count). The molecule has 0 aliphatic heterocycles. The largest absolute Gasteiger partial charge is 0.329 e. The Morgan fingerprint density at radius 1 is 1.10 bits per heavy atom. The highest BCUT2D eigenvalue weighted by Crippen LogP contribution is 2.19. The van der Waals surface area contributed by atoms with Crippen molar-refractivity contribution in [1.82, 2.24) is 4.72 Å². The van der Waals surface area contributed by atoms with E-state index < -0.39 is 15.6 Å². The topological polar surface area (TPSA) is 72.2 Å². The Morgan fingerprint density at radius 2 is 1.62 bits per heavy atom. The van der Waals surface area contributed by atoms with Crippen LogP contribution in [-0.4, -0.2) is 20.5 Å². The third-order valence-corrected chi connectivity index (χ3v) is 5.46. The minimum absolute atomic E-state index is 0. The monoisotopic (exact) mass is 334 g/mol. The fraction of sp³-hybridized carbons (Fsp3) is 0.600. The molecular formula is C15H27ClN2O2S. The van der Waals surface area contributed by atoms with E-state index in [0.29, 0.717) is 24.3 Å². The van der Waals surface area contributed by atoms with Gasteiger partial charge < -0.3 is 5.73 Å². The Labute approximate surface area is 135 Å². The molecule has 0 spiro atoms. The minimum atomic E-state index is -3.52. The van der Waals surface area contributed by atoms with E-state index in [1.165, 1.54) is 0 Å². The highest BCUT2D eigenvalue weighted by molar-refractivity contribution is 7.89. The van der Waals surface area contributed by atoms with Gasteiger partial charge in [-0.3, -0.25) is 0 Å². The zero-order chi connectivity index (χ0) is 15.2. The van der Waals surface area contributed by atoms with Crippen LogP contribution in [-0.2, 0) is 16.4 Å². The predicted molar refractivity (Wildman–Crippen MR) is 90.4 cm³/mol. The second-order valence-electron chi connectivity index (χ2n) is 5.19. The van der Waals surface area contributed by atoms with Crippen molar-refractivity contribution in [2.45, 2.75) is 56.9 Å². The van der Waals surface area contributed by atoms with Crippen LogP contribution in [0.15, 0.2) is 29.2 Å². The Kier molecular flexibility index (Phi) is 8.48. The van der Waals surface area contributed by atoms with E-state index in [0.717, 1.165) is 18.4 Å². The van der Waals surface area contributed by atoms with Gasteiger partial charge in [0.2, 0.25) is 10.0 Å². The van der Waals surface area contributed by atoms with Crippen molar-refractivity contribution >= 4 is 22.4 Å². The summed E-state index contributed by atoms with van der Waals surface area (Å²) >= 11 is 0. The molecule has 0 atom stereocenters. The molecule has 0 amide bonds. The van der Waals surface area contributed by atoms with Gasteiger partial charge in [0.15, 0.2) is 0 Å². The van der Waals surface area contributed by atoms with Crippen molar-refractivity contribution in [3.05, 3.63) is 29.8 Å². The number of nitrogens with two attached hydrogens (primary N) is 1. The Balaban J connectivity index is 0.00000400. The molecule has 4 nitrogen and oxygen atoms in total. The third kappa shape index (κ3) is 5.25. The molecule has 0 unspecified atom stereocenters. The highest BCUT2D eigenvalue weighted by atomic mass is 35.5. The summed E-state index contributed by atoms with van der Waals surface area (Å²) in [5.41, 5.74) is 6.35. The smallest absolute Gasteiger partial charge is 0.241 e. The van der Waals surface area contributed by atoms with Crippen molar-refractivity contribution < 1.29 is 8.42 Å². The quantitative estimate of drug-likeness (QED) is 0.767. The Morgan fingerprint density at radius 3 is 2.00 bits per heavy atom. The molecule has 0 heterocycles. The second kappa shape index (κ2) is 8.73. The fourth-order valence-electron chi connectivity index (χ4n) is 2.19. The second-order valence-corrected chi connectivity index (χ2v) is 6.87. The van der Waals surface area contributed by atoms with Crippen molar-refractivity contribution in [2.24, 2.45) is 5.73 Å². The average Bonchev–Trinajstić information content (AvgIpc) is 2.46. The van der Waals surface area contributed by atoms with Gasteiger partial charge >= 0.3 is 0 Å². The van der Waals surface area contributed by atoms with Crippen LogP contribution in [0.4, 0.5) is 0 Å². The summed E-state index contributed by atoms with van der Waals surface area (Å²) in [6.45, 7) is 6.30. The maximum atomic E-state index is 12.4. The Hall–Kier alpha value is -0.620. The van der Waals surface area contributed by atoms with Gasteiger partial charge in [-0.1, -0.05) is 39.3 Å². The number of halogens is 1. The van der Waals surface area contributed by atoms with Crippen LogP contribution in [0.2, 0.25) is 0 Å². The maximum Gasteiger partial charge on any atom is 0.241 e. The SMILES string of the molecule is CCCc1ccc(S(=O)(=O)NC(CC)(CC)CN)cc1.Cl. The molecule has 1 aromatic rings. The van der Waals surface area contributed by atoms with E-state index in [4.69, 9.17) is 5.73 Å². The molecule has 21 heavy (non-hydrogen) atoms. The van der Waals surface area contributed by atoms with Crippen LogP contribution >= 0.6 is 12.4 Å². The van der Waals surface area contributed by atoms with Crippen LogP contribution in [0, 0.1) is 0 Å². The summed E-state index contributed by atoms with van der Waals surface area (Å²) in [4.78, 5) is 0.303. The van der Waals surface area contributed by atoms with Crippen LogP contribution in [0.5, 0.6) is 0 Å². The lowest BCUT2D eigenvalue weighted by Crippen LogP contribution is -2.52. The Bertz CT molecular complexity index is 503. The standard InChI is InChI=1S/C15H26N2O2S.ClH/c1-4-7-13-8-10-14(11-9-13)20(18,19)17-15(5-2,6-3)12-16;/h8-11,17H,4-7,12,16H2,1-3H3;1H. The number of hydrogen-bond donors (Lipinski definition) is 2. The molecule has 122 valence electrons. The summed E-state index contributed by atoms with van der Waals surface area (Å²) in [6.07, 6.45) is 3.36. The van der Waals surface area contributed by atoms with Crippen LogP contribution in [0.1, 0.15) is 45.6 Å². The molecule has 6 heteroatoms. The summed E-state index contributed by atoms with van der Waals surface area (Å²) in [5, 5.41) is 0. The van der Waals surface area contributed by atoms with E-state index in [1.54, 1.807) is 12.1 Å². The lowest BCUT2D eigenvalue weighted by molar-refractivity contribution is 0.363. The van der Waals surface area contributed by atoms with Gasteiger partial charge in [0.25, 0.3) is 0 Å². The number of benzene rings is 1. The first-order valence-electron chi connectivity index (χ1n) is 7.26. The van der Waals surface area contributed by atoms with E-state index in [2.05, 4.69) is 11.6 Å². The van der Waals surface area contributed by atoms with Gasteiger partial charge in [-0.15, -0.1) is 12.4 Å². The van der Waals surface area contributed by atoms with Gasteiger partial charge in [-0.2, -0.15) is 0 Å². The van der Waals surface area contributed by atoms with Crippen molar-refractivity contribution in [2.75, 3.05) is 6.54 Å². The first kappa shape index (κ1) is 20.4. The summed E-state index contributed by atoms with van der Waals surface area (Å²) in [7, 11) is -3.52. The van der Waals surface area contributed by atoms with Gasteiger partial charge in [-0.25, -0.2) is 13.1 Å². The number of hydrogen-bond acceptors (Lipinski definition) is 3. The molecule has 0 aliphatic carbocycles. The predicted octanol–water partition coefficient (Wildman–Crippen LogP) is 2.86. The van der Waals surface area contributed by atoms with Gasteiger partial charge in [0.05, 0.1) is 4.90 Å². The van der Waals surface area contributed by atoms with E-state index >= 15 is 0 Å². The fourth-order valence-corrected chi connectivity index (χ4v) is 3.75. The molecule has 0 saturated heterocycles. The number of aryl methyl sites for hydroxylation is 1. The third-order valence-electron chi connectivity index (χ3n) is 3.87. The molecule has 0 bridgehead atoms. The van der Waals surface area contributed by atoms with Crippen LogP contribution < -0.4 is 10.5 Å². The summed E-state index contributed by atoms with van der Waals surface area (Å²) < 4.78 is 27.6. The molecule has 0 fully saturated rings. The van der Waals surface area contributed by atoms with Crippen molar-refractivity contribution in [3.63, 3.8) is 0 Å². The van der Waals surface area contributed by atoms with Gasteiger partial charge in [0, 0.05) is 12.1 Å². The number of sulfonamides is 1.